The van der Waals surface area contributed by atoms with E-state index in [0.29, 0.717) is 0 Å². The lowest BCUT2D eigenvalue weighted by atomic mass is 9.83. The van der Waals surface area contributed by atoms with Crippen molar-refractivity contribution in [2.75, 3.05) is 13.2 Å². The smallest absolute Gasteiger partial charge is 0.120 e. The Kier molecular flexibility index (Phi) is 5.72. The van der Waals surface area contributed by atoms with Gasteiger partial charge in [0.1, 0.15) is 5.76 Å². The van der Waals surface area contributed by atoms with E-state index in [9.17, 15) is 5.11 Å². The van der Waals surface area contributed by atoms with Crippen molar-refractivity contribution in [1.29, 1.82) is 0 Å². The Morgan fingerprint density at radius 3 is 2.47 bits per heavy atom. The van der Waals surface area contributed by atoms with Crippen molar-refractivity contribution in [2.24, 2.45) is 5.41 Å². The van der Waals surface area contributed by atoms with E-state index in [1.165, 1.54) is 0 Å². The normalized spacial score (nSPS) is 13.9. The Morgan fingerprint density at radius 2 is 2.06 bits per heavy atom. The summed E-state index contributed by atoms with van der Waals surface area (Å²) in [5.41, 5.74) is 0.0000128. The van der Waals surface area contributed by atoms with Gasteiger partial charge in [-0.3, -0.25) is 0 Å². The van der Waals surface area contributed by atoms with E-state index in [0.717, 1.165) is 31.6 Å². The molecule has 0 bridgehead atoms. The van der Waals surface area contributed by atoms with Gasteiger partial charge < -0.3 is 14.8 Å². The van der Waals surface area contributed by atoms with Crippen LogP contribution in [0.4, 0.5) is 0 Å². The van der Waals surface area contributed by atoms with Gasteiger partial charge in [-0.2, -0.15) is 0 Å². The lowest BCUT2D eigenvalue weighted by molar-refractivity contribution is 0.108. The molecule has 98 valence electrons. The second kappa shape index (κ2) is 6.82. The molecular formula is C14H25NO2. The average molecular weight is 239 g/mol. The quantitative estimate of drug-likeness (QED) is 0.732. The minimum atomic E-state index is 0.0000128. The highest BCUT2D eigenvalue weighted by Crippen LogP contribution is 2.26. The highest BCUT2D eigenvalue weighted by molar-refractivity contribution is 5.04. The SMILES string of the molecule is CCC(NCC(CC)(CC)CO)c1ccco1. The fourth-order valence-corrected chi connectivity index (χ4v) is 2.05. The first kappa shape index (κ1) is 14.3. The molecule has 1 heterocycles. The number of rotatable bonds is 8. The summed E-state index contributed by atoms with van der Waals surface area (Å²) in [4.78, 5) is 0. The Labute approximate surface area is 104 Å². The summed E-state index contributed by atoms with van der Waals surface area (Å²) in [6.45, 7) is 7.47. The molecule has 0 aromatic carbocycles. The molecule has 0 amide bonds. The Hall–Kier alpha value is -0.800. The topological polar surface area (TPSA) is 45.4 Å². The molecule has 0 aliphatic rings. The third kappa shape index (κ3) is 3.58. The monoisotopic (exact) mass is 239 g/mol. The number of furan rings is 1. The van der Waals surface area contributed by atoms with Crippen molar-refractivity contribution in [3.63, 3.8) is 0 Å². The Bertz CT molecular complexity index is 283. The van der Waals surface area contributed by atoms with Crippen LogP contribution in [-0.4, -0.2) is 18.3 Å². The third-order valence-corrected chi connectivity index (χ3v) is 3.85. The van der Waals surface area contributed by atoms with Gasteiger partial charge in [-0.15, -0.1) is 0 Å². The zero-order valence-electron chi connectivity index (χ0n) is 11.2. The molecule has 0 fully saturated rings. The largest absolute Gasteiger partial charge is 0.468 e. The molecular weight excluding hydrogens is 214 g/mol. The fraction of sp³-hybridized carbons (Fsp3) is 0.714. The van der Waals surface area contributed by atoms with Crippen LogP contribution in [0.5, 0.6) is 0 Å². The maximum atomic E-state index is 9.53. The summed E-state index contributed by atoms with van der Waals surface area (Å²) < 4.78 is 5.43. The molecule has 1 atom stereocenters. The molecule has 0 aliphatic carbocycles. The molecule has 0 radical (unpaired) electrons. The molecule has 2 N–H and O–H groups in total. The van der Waals surface area contributed by atoms with E-state index >= 15 is 0 Å². The highest BCUT2D eigenvalue weighted by atomic mass is 16.3. The number of aliphatic hydroxyl groups excluding tert-OH is 1. The number of nitrogens with one attached hydrogen (secondary N) is 1. The van der Waals surface area contributed by atoms with Crippen molar-refractivity contribution in [3.05, 3.63) is 24.2 Å². The van der Waals surface area contributed by atoms with Crippen LogP contribution in [0.3, 0.4) is 0 Å². The van der Waals surface area contributed by atoms with Crippen LogP contribution in [0.15, 0.2) is 22.8 Å². The van der Waals surface area contributed by atoms with E-state index < -0.39 is 0 Å². The van der Waals surface area contributed by atoms with Gasteiger partial charge in [0.05, 0.1) is 12.3 Å². The summed E-state index contributed by atoms with van der Waals surface area (Å²) >= 11 is 0. The molecule has 1 aromatic rings. The second-order valence-corrected chi connectivity index (χ2v) is 4.72. The fourth-order valence-electron chi connectivity index (χ4n) is 2.05. The number of hydrogen-bond donors (Lipinski definition) is 2. The van der Waals surface area contributed by atoms with Crippen molar-refractivity contribution < 1.29 is 9.52 Å². The molecule has 0 spiro atoms. The van der Waals surface area contributed by atoms with E-state index in [1.54, 1.807) is 6.26 Å². The average Bonchev–Trinajstić information content (AvgIpc) is 2.89. The van der Waals surface area contributed by atoms with E-state index in [-0.39, 0.29) is 18.1 Å². The van der Waals surface area contributed by atoms with Crippen LogP contribution in [-0.2, 0) is 0 Å². The number of aliphatic hydroxyl groups is 1. The van der Waals surface area contributed by atoms with Gasteiger partial charge in [0.2, 0.25) is 0 Å². The predicted molar refractivity (Wildman–Crippen MR) is 69.8 cm³/mol. The molecule has 0 saturated heterocycles. The van der Waals surface area contributed by atoms with Gasteiger partial charge in [-0.25, -0.2) is 0 Å². The summed E-state index contributed by atoms with van der Waals surface area (Å²) in [6, 6.07) is 4.16. The minimum absolute atomic E-state index is 0.0000128. The second-order valence-electron chi connectivity index (χ2n) is 4.72. The number of hydrogen-bond acceptors (Lipinski definition) is 3. The summed E-state index contributed by atoms with van der Waals surface area (Å²) in [5, 5.41) is 13.0. The summed E-state index contributed by atoms with van der Waals surface area (Å²) in [6.07, 6.45) is 4.67. The molecule has 1 unspecified atom stereocenters. The molecule has 1 rings (SSSR count). The predicted octanol–water partition coefficient (Wildman–Crippen LogP) is 3.12. The van der Waals surface area contributed by atoms with Crippen LogP contribution in [0.25, 0.3) is 0 Å². The standard InChI is InChI=1S/C14H25NO2/c1-4-12(13-8-7-9-17-13)15-10-14(5-2,6-3)11-16/h7-9,12,15-16H,4-6,10-11H2,1-3H3. The first-order valence-electron chi connectivity index (χ1n) is 6.59. The van der Waals surface area contributed by atoms with Gasteiger partial charge in [0.25, 0.3) is 0 Å². The lowest BCUT2D eigenvalue weighted by Gasteiger charge is -2.31. The summed E-state index contributed by atoms with van der Waals surface area (Å²) in [7, 11) is 0. The Balaban J connectivity index is 2.58. The van der Waals surface area contributed by atoms with Gasteiger partial charge in [0, 0.05) is 18.6 Å². The third-order valence-electron chi connectivity index (χ3n) is 3.85. The maximum Gasteiger partial charge on any atom is 0.120 e. The van der Waals surface area contributed by atoms with Gasteiger partial charge in [-0.05, 0) is 31.4 Å². The van der Waals surface area contributed by atoms with E-state index in [2.05, 4.69) is 26.1 Å². The van der Waals surface area contributed by atoms with Crippen LogP contribution in [0, 0.1) is 5.41 Å². The van der Waals surface area contributed by atoms with Crippen molar-refractivity contribution in [3.8, 4) is 0 Å². The lowest BCUT2D eigenvalue weighted by Crippen LogP contribution is -2.38. The first-order chi connectivity index (χ1) is 8.21. The maximum absolute atomic E-state index is 9.53. The first-order valence-corrected chi connectivity index (χ1v) is 6.59. The zero-order valence-corrected chi connectivity index (χ0v) is 11.2. The van der Waals surface area contributed by atoms with Crippen LogP contribution in [0.1, 0.15) is 51.8 Å². The van der Waals surface area contributed by atoms with Crippen LogP contribution >= 0.6 is 0 Å². The summed E-state index contributed by atoms with van der Waals surface area (Å²) in [5.74, 6) is 0.978. The Morgan fingerprint density at radius 1 is 1.35 bits per heavy atom. The van der Waals surface area contributed by atoms with Gasteiger partial charge >= 0.3 is 0 Å². The molecule has 1 aromatic heterocycles. The van der Waals surface area contributed by atoms with E-state index in [4.69, 9.17) is 4.42 Å². The van der Waals surface area contributed by atoms with Gasteiger partial charge in [0.15, 0.2) is 0 Å². The zero-order chi connectivity index (χ0) is 12.7. The molecule has 17 heavy (non-hydrogen) atoms. The molecule has 0 saturated carbocycles. The van der Waals surface area contributed by atoms with Crippen LogP contribution < -0.4 is 5.32 Å². The molecule has 3 nitrogen and oxygen atoms in total. The van der Waals surface area contributed by atoms with Crippen molar-refractivity contribution in [1.82, 2.24) is 5.32 Å². The van der Waals surface area contributed by atoms with Crippen molar-refractivity contribution in [2.45, 2.75) is 46.1 Å². The molecule has 3 heteroatoms. The van der Waals surface area contributed by atoms with Crippen LogP contribution in [0.2, 0.25) is 0 Å². The highest BCUT2D eigenvalue weighted by Gasteiger charge is 2.26. The van der Waals surface area contributed by atoms with Crippen molar-refractivity contribution >= 4 is 0 Å². The van der Waals surface area contributed by atoms with Gasteiger partial charge in [-0.1, -0.05) is 20.8 Å². The molecule has 0 aliphatic heterocycles. The minimum Gasteiger partial charge on any atom is -0.468 e. The van der Waals surface area contributed by atoms with E-state index in [1.807, 2.05) is 12.1 Å².